The van der Waals surface area contributed by atoms with Gasteiger partial charge >= 0.3 is 5.97 Å². The van der Waals surface area contributed by atoms with E-state index in [0.29, 0.717) is 11.3 Å². The van der Waals surface area contributed by atoms with Gasteiger partial charge in [-0.05, 0) is 98.5 Å². The smallest absolute Gasteiger partial charge is 0.343 e. The van der Waals surface area contributed by atoms with E-state index in [9.17, 15) is 4.79 Å². The predicted molar refractivity (Wildman–Crippen MR) is 143 cm³/mol. The van der Waals surface area contributed by atoms with Crippen LogP contribution in [0.5, 0.6) is 5.75 Å². The van der Waals surface area contributed by atoms with Gasteiger partial charge < -0.3 is 9.64 Å². The number of anilines is 1. The Morgan fingerprint density at radius 2 is 1.50 bits per heavy atom. The fourth-order valence-corrected chi connectivity index (χ4v) is 3.84. The maximum atomic E-state index is 12.5. The van der Waals surface area contributed by atoms with Crippen molar-refractivity contribution >= 4 is 23.6 Å². The third-order valence-corrected chi connectivity index (χ3v) is 5.94. The summed E-state index contributed by atoms with van der Waals surface area (Å²) in [6, 6.07) is 23.4. The Balaban J connectivity index is 1.52. The molecule has 3 aromatic carbocycles. The van der Waals surface area contributed by atoms with Crippen molar-refractivity contribution in [1.82, 2.24) is 0 Å². The molecule has 4 heteroatoms. The largest absolute Gasteiger partial charge is 0.423 e. The van der Waals surface area contributed by atoms with Crippen LogP contribution in [-0.2, 0) is 6.42 Å². The number of unbranched alkanes of at least 4 members (excludes halogenated alkanes) is 3. The van der Waals surface area contributed by atoms with Crippen LogP contribution in [0.25, 0.3) is 0 Å². The summed E-state index contributed by atoms with van der Waals surface area (Å²) in [5, 5.41) is 0. The molecule has 0 aliphatic carbocycles. The van der Waals surface area contributed by atoms with Crippen LogP contribution in [0.3, 0.4) is 0 Å². The van der Waals surface area contributed by atoms with Gasteiger partial charge in [0.05, 0.1) is 11.3 Å². The summed E-state index contributed by atoms with van der Waals surface area (Å²) in [6.07, 6.45) is 7.83. The standard InChI is InChI=1S/C30H36N2O2/c1-4-7-8-9-10-24-11-15-26(16-12-24)30(33)34-29-21-13-25(14-22-29)23-31-27-17-19-28(20-18-27)32(5-2)6-3/h11-23H,4-10H2,1-3H3. The Morgan fingerprint density at radius 1 is 0.824 bits per heavy atom. The quantitative estimate of drug-likeness (QED) is 0.122. The molecular formula is C30H36N2O2. The highest BCUT2D eigenvalue weighted by molar-refractivity contribution is 5.91. The second kappa shape index (κ2) is 13.3. The lowest BCUT2D eigenvalue weighted by atomic mass is 10.0. The molecule has 0 spiro atoms. The van der Waals surface area contributed by atoms with Crippen LogP contribution in [0.4, 0.5) is 11.4 Å². The van der Waals surface area contributed by atoms with Gasteiger partial charge in [-0.3, -0.25) is 4.99 Å². The van der Waals surface area contributed by atoms with Gasteiger partial charge in [-0.25, -0.2) is 4.79 Å². The third kappa shape index (κ3) is 7.58. The molecule has 0 saturated carbocycles. The Kier molecular flexibility index (Phi) is 9.90. The van der Waals surface area contributed by atoms with Gasteiger partial charge in [-0.1, -0.05) is 38.3 Å². The van der Waals surface area contributed by atoms with E-state index in [-0.39, 0.29) is 5.97 Å². The van der Waals surface area contributed by atoms with Gasteiger partial charge in [-0.15, -0.1) is 0 Å². The fraction of sp³-hybridized carbons (Fsp3) is 0.333. The van der Waals surface area contributed by atoms with Gasteiger partial charge in [0.1, 0.15) is 5.75 Å². The maximum Gasteiger partial charge on any atom is 0.343 e. The van der Waals surface area contributed by atoms with Gasteiger partial charge in [-0.2, -0.15) is 0 Å². The van der Waals surface area contributed by atoms with E-state index in [1.165, 1.54) is 36.9 Å². The van der Waals surface area contributed by atoms with Crippen molar-refractivity contribution in [3.05, 3.63) is 89.5 Å². The van der Waals surface area contributed by atoms with Crippen LogP contribution in [-0.4, -0.2) is 25.3 Å². The molecule has 0 saturated heterocycles. The summed E-state index contributed by atoms with van der Waals surface area (Å²) < 4.78 is 5.54. The first-order valence-electron chi connectivity index (χ1n) is 12.4. The van der Waals surface area contributed by atoms with Gasteiger partial charge in [0.2, 0.25) is 0 Å². The van der Waals surface area contributed by atoms with Crippen molar-refractivity contribution in [1.29, 1.82) is 0 Å². The highest BCUT2D eigenvalue weighted by atomic mass is 16.5. The number of rotatable bonds is 12. The minimum atomic E-state index is -0.341. The number of carbonyl (C=O) groups excluding carboxylic acids is 1. The number of hydrogen-bond donors (Lipinski definition) is 0. The molecule has 0 unspecified atom stereocenters. The summed E-state index contributed by atoms with van der Waals surface area (Å²) in [7, 11) is 0. The van der Waals surface area contributed by atoms with Crippen LogP contribution < -0.4 is 9.64 Å². The average Bonchev–Trinajstić information content (AvgIpc) is 2.88. The molecule has 0 heterocycles. The second-order valence-electron chi connectivity index (χ2n) is 8.41. The van der Waals surface area contributed by atoms with Crippen molar-refractivity contribution in [3.8, 4) is 5.75 Å². The lowest BCUT2D eigenvalue weighted by molar-refractivity contribution is 0.0734. The number of carbonyl (C=O) groups is 1. The summed E-state index contributed by atoms with van der Waals surface area (Å²) >= 11 is 0. The van der Waals surface area contributed by atoms with Crippen molar-refractivity contribution < 1.29 is 9.53 Å². The number of nitrogens with zero attached hydrogens (tertiary/aromatic N) is 2. The van der Waals surface area contributed by atoms with Crippen molar-refractivity contribution in [2.45, 2.75) is 52.9 Å². The van der Waals surface area contributed by atoms with E-state index in [4.69, 9.17) is 4.74 Å². The minimum Gasteiger partial charge on any atom is -0.423 e. The molecule has 0 bridgehead atoms. The van der Waals surface area contributed by atoms with Crippen LogP contribution in [0.15, 0.2) is 77.8 Å². The van der Waals surface area contributed by atoms with Gasteiger partial charge in [0.15, 0.2) is 0 Å². The lowest BCUT2D eigenvalue weighted by Gasteiger charge is -2.20. The summed E-state index contributed by atoms with van der Waals surface area (Å²) in [5.41, 5.74) is 4.88. The van der Waals surface area contributed by atoms with E-state index in [0.717, 1.165) is 30.8 Å². The topological polar surface area (TPSA) is 41.9 Å². The van der Waals surface area contributed by atoms with Crippen molar-refractivity contribution in [2.75, 3.05) is 18.0 Å². The van der Waals surface area contributed by atoms with Crippen molar-refractivity contribution in [2.24, 2.45) is 4.99 Å². The molecule has 0 fully saturated rings. The van der Waals surface area contributed by atoms with Crippen LogP contribution in [0, 0.1) is 0 Å². The second-order valence-corrected chi connectivity index (χ2v) is 8.41. The van der Waals surface area contributed by atoms with E-state index in [2.05, 4.69) is 42.8 Å². The molecule has 3 aromatic rings. The van der Waals surface area contributed by atoms with E-state index >= 15 is 0 Å². The first-order chi connectivity index (χ1) is 16.6. The Morgan fingerprint density at radius 3 is 2.12 bits per heavy atom. The molecule has 0 radical (unpaired) electrons. The first kappa shape index (κ1) is 25.2. The highest BCUT2D eigenvalue weighted by Gasteiger charge is 2.08. The number of benzene rings is 3. The molecule has 0 atom stereocenters. The lowest BCUT2D eigenvalue weighted by Crippen LogP contribution is -2.21. The van der Waals surface area contributed by atoms with Crippen LogP contribution >= 0.6 is 0 Å². The molecule has 0 N–H and O–H groups in total. The zero-order chi connectivity index (χ0) is 24.2. The molecule has 0 amide bonds. The number of aryl methyl sites for hydroxylation is 1. The van der Waals surface area contributed by atoms with Gasteiger partial charge in [0.25, 0.3) is 0 Å². The van der Waals surface area contributed by atoms with Crippen LogP contribution in [0.2, 0.25) is 0 Å². The minimum absolute atomic E-state index is 0.341. The molecular weight excluding hydrogens is 420 g/mol. The monoisotopic (exact) mass is 456 g/mol. The fourth-order valence-electron chi connectivity index (χ4n) is 3.84. The SMILES string of the molecule is CCCCCCc1ccc(C(=O)Oc2ccc(C=Nc3ccc(N(CC)CC)cc3)cc2)cc1. The zero-order valence-electron chi connectivity index (χ0n) is 20.7. The molecule has 0 aromatic heterocycles. The molecule has 178 valence electrons. The number of ether oxygens (including phenoxy) is 1. The third-order valence-electron chi connectivity index (χ3n) is 5.94. The molecule has 0 aliphatic rings. The summed E-state index contributed by atoms with van der Waals surface area (Å²) in [6.45, 7) is 8.50. The number of aliphatic imine (C=N–C) groups is 1. The molecule has 0 aliphatic heterocycles. The summed E-state index contributed by atoms with van der Waals surface area (Å²) in [4.78, 5) is 19.3. The Hall–Kier alpha value is -3.40. The van der Waals surface area contributed by atoms with E-state index in [1.807, 2.05) is 54.7 Å². The summed E-state index contributed by atoms with van der Waals surface area (Å²) in [5.74, 6) is 0.182. The maximum absolute atomic E-state index is 12.5. The Bertz CT molecular complexity index is 1030. The van der Waals surface area contributed by atoms with E-state index in [1.54, 1.807) is 12.1 Å². The highest BCUT2D eigenvalue weighted by Crippen LogP contribution is 2.20. The average molecular weight is 457 g/mol. The first-order valence-corrected chi connectivity index (χ1v) is 12.4. The number of hydrogen-bond acceptors (Lipinski definition) is 4. The molecule has 34 heavy (non-hydrogen) atoms. The molecule has 4 nitrogen and oxygen atoms in total. The predicted octanol–water partition coefficient (Wildman–Crippen LogP) is 7.63. The Labute approximate surface area is 204 Å². The number of esters is 1. The van der Waals surface area contributed by atoms with Gasteiger partial charge in [0, 0.05) is 25.0 Å². The van der Waals surface area contributed by atoms with E-state index < -0.39 is 0 Å². The van der Waals surface area contributed by atoms with Crippen molar-refractivity contribution in [3.63, 3.8) is 0 Å². The normalized spacial score (nSPS) is 11.0. The van der Waals surface area contributed by atoms with Crippen LogP contribution in [0.1, 0.15) is 67.9 Å². The zero-order valence-corrected chi connectivity index (χ0v) is 20.7. The molecule has 3 rings (SSSR count).